The van der Waals surface area contributed by atoms with Crippen LogP contribution in [-0.4, -0.2) is 14.6 Å². The predicted molar refractivity (Wildman–Crippen MR) is 71.1 cm³/mol. The van der Waals surface area contributed by atoms with Crippen LogP contribution in [0.4, 0.5) is 11.6 Å². The van der Waals surface area contributed by atoms with E-state index in [2.05, 4.69) is 22.3 Å². The van der Waals surface area contributed by atoms with Crippen molar-refractivity contribution in [3.63, 3.8) is 0 Å². The molecule has 18 heavy (non-hydrogen) atoms. The van der Waals surface area contributed by atoms with Crippen LogP contribution >= 0.6 is 0 Å². The number of aromatic nitrogens is 3. The van der Waals surface area contributed by atoms with Gasteiger partial charge in [0.25, 0.3) is 0 Å². The Morgan fingerprint density at radius 2 is 1.72 bits per heavy atom. The largest absolute Gasteiger partial charge is 0.397 e. The number of nitrogens with two attached hydrogens (primary N) is 2. The van der Waals surface area contributed by atoms with Gasteiger partial charge in [0.15, 0.2) is 5.65 Å². The maximum Gasteiger partial charge on any atom is 0.226 e. The van der Waals surface area contributed by atoms with E-state index in [1.165, 1.54) is 5.56 Å². The topological polar surface area (TPSA) is 82.2 Å². The molecule has 0 spiro atoms. The van der Waals surface area contributed by atoms with E-state index in [1.54, 1.807) is 4.40 Å². The highest BCUT2D eigenvalue weighted by Gasteiger charge is 2.10. The summed E-state index contributed by atoms with van der Waals surface area (Å²) in [7, 11) is 0. The van der Waals surface area contributed by atoms with Crippen LogP contribution in [0.2, 0.25) is 0 Å². The van der Waals surface area contributed by atoms with E-state index in [4.69, 9.17) is 11.5 Å². The van der Waals surface area contributed by atoms with E-state index in [0.717, 1.165) is 5.69 Å². The molecule has 90 valence electrons. The second-order valence-corrected chi connectivity index (χ2v) is 4.15. The van der Waals surface area contributed by atoms with Gasteiger partial charge in [0, 0.05) is 6.42 Å². The summed E-state index contributed by atoms with van der Waals surface area (Å²) in [4.78, 5) is 0. The summed E-state index contributed by atoms with van der Waals surface area (Å²) in [6, 6.07) is 13.7. The zero-order valence-electron chi connectivity index (χ0n) is 9.74. The molecule has 3 aromatic rings. The van der Waals surface area contributed by atoms with Gasteiger partial charge < -0.3 is 11.5 Å². The number of nitrogen functional groups attached to an aromatic ring is 2. The molecule has 3 rings (SSSR count). The molecule has 0 fully saturated rings. The van der Waals surface area contributed by atoms with Crippen molar-refractivity contribution in [2.45, 2.75) is 6.42 Å². The van der Waals surface area contributed by atoms with Gasteiger partial charge in [-0.15, -0.1) is 10.2 Å². The van der Waals surface area contributed by atoms with Crippen molar-refractivity contribution < 1.29 is 0 Å². The molecule has 0 aliphatic heterocycles. The second kappa shape index (κ2) is 4.03. The summed E-state index contributed by atoms with van der Waals surface area (Å²) in [5, 5.41) is 7.87. The lowest BCUT2D eigenvalue weighted by Gasteiger charge is -2.09. The Morgan fingerprint density at radius 3 is 2.50 bits per heavy atom. The van der Waals surface area contributed by atoms with Crippen molar-refractivity contribution in [3.8, 4) is 0 Å². The van der Waals surface area contributed by atoms with Crippen molar-refractivity contribution in [1.82, 2.24) is 14.6 Å². The molecule has 0 saturated carbocycles. The summed E-state index contributed by atoms with van der Waals surface area (Å²) in [5.41, 5.74) is 15.4. The number of pyridine rings is 1. The number of hydrogen-bond acceptors (Lipinski definition) is 4. The third kappa shape index (κ3) is 1.66. The van der Waals surface area contributed by atoms with E-state index in [0.29, 0.717) is 23.7 Å². The molecule has 0 unspecified atom stereocenters. The molecule has 0 aliphatic carbocycles. The normalized spacial score (nSPS) is 10.9. The van der Waals surface area contributed by atoms with Crippen LogP contribution in [0.1, 0.15) is 11.3 Å². The van der Waals surface area contributed by atoms with Crippen molar-refractivity contribution in [2.24, 2.45) is 0 Å². The molecule has 0 bridgehead atoms. The quantitative estimate of drug-likeness (QED) is 0.709. The summed E-state index contributed by atoms with van der Waals surface area (Å²) in [6.45, 7) is 0. The van der Waals surface area contributed by atoms with Gasteiger partial charge in [0.05, 0.1) is 11.4 Å². The molecule has 0 saturated heterocycles. The Kier molecular flexibility index (Phi) is 2.37. The first-order chi connectivity index (χ1) is 8.75. The molecule has 0 radical (unpaired) electrons. The average molecular weight is 239 g/mol. The number of fused-ring (bicyclic) bond motifs is 1. The minimum atomic E-state index is 0.364. The van der Waals surface area contributed by atoms with Crippen LogP contribution in [0.3, 0.4) is 0 Å². The van der Waals surface area contributed by atoms with E-state index in [1.807, 2.05) is 30.3 Å². The predicted octanol–water partition coefficient (Wildman–Crippen LogP) is 1.48. The van der Waals surface area contributed by atoms with Crippen molar-refractivity contribution in [2.75, 3.05) is 11.5 Å². The van der Waals surface area contributed by atoms with Crippen LogP contribution in [0.15, 0.2) is 42.5 Å². The van der Waals surface area contributed by atoms with Gasteiger partial charge in [0.1, 0.15) is 0 Å². The third-order valence-corrected chi connectivity index (χ3v) is 2.94. The summed E-state index contributed by atoms with van der Waals surface area (Å²) >= 11 is 0. The molecule has 5 heteroatoms. The van der Waals surface area contributed by atoms with Crippen molar-refractivity contribution >= 4 is 17.3 Å². The van der Waals surface area contributed by atoms with Crippen molar-refractivity contribution in [1.29, 1.82) is 0 Å². The van der Waals surface area contributed by atoms with Gasteiger partial charge in [-0.3, -0.25) is 4.40 Å². The number of hydrogen-bond donors (Lipinski definition) is 2. The van der Waals surface area contributed by atoms with Gasteiger partial charge in [0.2, 0.25) is 5.95 Å². The fourth-order valence-electron chi connectivity index (χ4n) is 2.05. The lowest BCUT2D eigenvalue weighted by Crippen LogP contribution is -2.06. The number of anilines is 2. The molecule has 0 amide bonds. The van der Waals surface area contributed by atoms with Gasteiger partial charge in [-0.05, 0) is 17.7 Å². The number of rotatable bonds is 2. The number of benzene rings is 1. The lowest BCUT2D eigenvalue weighted by molar-refractivity contribution is 1.02. The molecule has 1 aromatic carbocycles. The highest BCUT2D eigenvalue weighted by atomic mass is 15.3. The minimum Gasteiger partial charge on any atom is -0.397 e. The molecule has 2 heterocycles. The number of nitrogens with zero attached hydrogens (tertiary/aromatic N) is 3. The van der Waals surface area contributed by atoms with Crippen LogP contribution in [0.5, 0.6) is 0 Å². The SMILES string of the molecule is Nc1ccc2nnc(N)n2c1Cc1ccccc1. The smallest absolute Gasteiger partial charge is 0.226 e. The van der Waals surface area contributed by atoms with Gasteiger partial charge in [-0.2, -0.15) is 0 Å². The minimum absolute atomic E-state index is 0.364. The molecule has 2 aromatic heterocycles. The zero-order chi connectivity index (χ0) is 12.5. The zero-order valence-corrected chi connectivity index (χ0v) is 9.74. The molecular weight excluding hydrogens is 226 g/mol. The van der Waals surface area contributed by atoms with E-state index >= 15 is 0 Å². The van der Waals surface area contributed by atoms with E-state index in [-0.39, 0.29) is 0 Å². The highest BCUT2D eigenvalue weighted by molar-refractivity contribution is 5.56. The maximum atomic E-state index is 6.03. The van der Waals surface area contributed by atoms with Gasteiger partial charge >= 0.3 is 0 Å². The van der Waals surface area contributed by atoms with E-state index in [9.17, 15) is 0 Å². The second-order valence-electron chi connectivity index (χ2n) is 4.15. The molecular formula is C13H13N5. The Labute approximate surface area is 104 Å². The molecule has 0 atom stereocenters. The van der Waals surface area contributed by atoms with Crippen LogP contribution < -0.4 is 11.5 Å². The molecule has 4 N–H and O–H groups in total. The first kappa shape index (κ1) is 10.6. The first-order valence-electron chi connectivity index (χ1n) is 5.67. The lowest BCUT2D eigenvalue weighted by atomic mass is 10.1. The maximum absolute atomic E-state index is 6.03. The Hall–Kier alpha value is -2.56. The fourth-order valence-corrected chi connectivity index (χ4v) is 2.05. The molecule has 0 aliphatic rings. The monoisotopic (exact) mass is 239 g/mol. The Balaban J connectivity index is 2.16. The highest BCUT2D eigenvalue weighted by Crippen LogP contribution is 2.20. The summed E-state index contributed by atoms with van der Waals surface area (Å²) in [6.07, 6.45) is 0.701. The van der Waals surface area contributed by atoms with E-state index < -0.39 is 0 Å². The summed E-state index contributed by atoms with van der Waals surface area (Å²) < 4.78 is 1.79. The van der Waals surface area contributed by atoms with Crippen LogP contribution in [-0.2, 0) is 6.42 Å². The van der Waals surface area contributed by atoms with Gasteiger partial charge in [-0.25, -0.2) is 0 Å². The van der Waals surface area contributed by atoms with Crippen LogP contribution in [0, 0.1) is 0 Å². The summed E-state index contributed by atoms with van der Waals surface area (Å²) in [5.74, 6) is 0.364. The standard InChI is InChI=1S/C13H13N5/c14-10-6-7-12-16-17-13(15)18(12)11(10)8-9-4-2-1-3-5-9/h1-7H,8,14H2,(H2,15,17). The van der Waals surface area contributed by atoms with Crippen LogP contribution in [0.25, 0.3) is 5.65 Å². The molecule has 5 nitrogen and oxygen atoms in total. The van der Waals surface area contributed by atoms with Gasteiger partial charge in [-0.1, -0.05) is 30.3 Å². The fraction of sp³-hybridized carbons (Fsp3) is 0.0769. The van der Waals surface area contributed by atoms with Crippen molar-refractivity contribution in [3.05, 3.63) is 53.7 Å². The first-order valence-corrected chi connectivity index (χ1v) is 5.67. The Morgan fingerprint density at radius 1 is 0.944 bits per heavy atom. The Bertz CT molecular complexity index is 687. The third-order valence-electron chi connectivity index (χ3n) is 2.94. The average Bonchev–Trinajstić information content (AvgIpc) is 2.76.